The van der Waals surface area contributed by atoms with Crippen molar-refractivity contribution < 1.29 is 9.18 Å². The van der Waals surface area contributed by atoms with Crippen molar-refractivity contribution in [3.63, 3.8) is 0 Å². The molecule has 0 aliphatic carbocycles. The summed E-state index contributed by atoms with van der Waals surface area (Å²) in [4.78, 5) is 15.8. The zero-order chi connectivity index (χ0) is 17.5. The molecule has 0 aliphatic heterocycles. The minimum absolute atomic E-state index is 0.116. The number of thioether (sulfide) groups is 1. The molecule has 2 heterocycles. The van der Waals surface area contributed by atoms with E-state index in [4.69, 9.17) is 0 Å². The van der Waals surface area contributed by atoms with Crippen molar-refractivity contribution in [2.45, 2.75) is 11.6 Å². The summed E-state index contributed by atoms with van der Waals surface area (Å²) in [6.45, 7) is 0.367. The zero-order valence-electron chi connectivity index (χ0n) is 13.2. The van der Waals surface area contributed by atoms with Crippen molar-refractivity contribution >= 4 is 17.7 Å². The van der Waals surface area contributed by atoms with Gasteiger partial charge in [-0.15, -0.1) is 10.2 Å². The predicted octanol–water partition coefficient (Wildman–Crippen LogP) is 3.09. The third kappa shape index (κ3) is 5.09. The van der Waals surface area contributed by atoms with Gasteiger partial charge >= 0.3 is 0 Å². The maximum atomic E-state index is 12.8. The minimum atomic E-state index is -0.292. The highest BCUT2D eigenvalue weighted by Crippen LogP contribution is 2.18. The van der Waals surface area contributed by atoms with Gasteiger partial charge in [0.25, 0.3) is 0 Å². The Morgan fingerprint density at radius 1 is 1.00 bits per heavy atom. The second-order valence-corrected chi connectivity index (χ2v) is 6.18. The van der Waals surface area contributed by atoms with Crippen molar-refractivity contribution in [2.24, 2.45) is 0 Å². The molecule has 0 unspecified atom stereocenters. The van der Waals surface area contributed by atoms with Crippen LogP contribution in [0.5, 0.6) is 0 Å². The molecule has 7 heteroatoms. The highest BCUT2D eigenvalue weighted by molar-refractivity contribution is 7.99. The van der Waals surface area contributed by atoms with Crippen LogP contribution in [0.4, 0.5) is 4.39 Å². The Morgan fingerprint density at radius 2 is 1.76 bits per heavy atom. The second kappa shape index (κ2) is 8.34. The van der Waals surface area contributed by atoms with Crippen LogP contribution in [0.2, 0.25) is 0 Å². The Kier molecular flexibility index (Phi) is 5.69. The molecule has 0 saturated heterocycles. The first-order chi connectivity index (χ1) is 12.2. The number of carbonyl (C=O) groups excluding carboxylic acids is 1. The lowest BCUT2D eigenvalue weighted by molar-refractivity contribution is -0.118. The predicted molar refractivity (Wildman–Crippen MR) is 94.2 cm³/mol. The lowest BCUT2D eigenvalue weighted by Gasteiger charge is -2.05. The lowest BCUT2D eigenvalue weighted by atomic mass is 10.2. The first-order valence-electron chi connectivity index (χ1n) is 7.59. The van der Waals surface area contributed by atoms with Crippen molar-refractivity contribution in [1.82, 2.24) is 20.5 Å². The molecule has 1 N–H and O–H groups in total. The van der Waals surface area contributed by atoms with E-state index in [1.54, 1.807) is 24.5 Å². The van der Waals surface area contributed by atoms with Gasteiger partial charge in [0, 0.05) is 24.5 Å². The number of carbonyl (C=O) groups is 1. The molecule has 25 heavy (non-hydrogen) atoms. The molecule has 0 spiro atoms. The number of pyridine rings is 1. The normalized spacial score (nSPS) is 10.4. The monoisotopic (exact) mass is 354 g/mol. The lowest BCUT2D eigenvalue weighted by Crippen LogP contribution is -2.24. The zero-order valence-corrected chi connectivity index (χ0v) is 14.0. The SMILES string of the molecule is O=C(CSc1ccc(-c2ccncc2)nn1)NCc1ccc(F)cc1. The fourth-order valence-corrected chi connectivity index (χ4v) is 2.71. The van der Waals surface area contributed by atoms with Crippen LogP contribution in [-0.2, 0) is 11.3 Å². The van der Waals surface area contributed by atoms with Gasteiger partial charge in [0.2, 0.25) is 5.91 Å². The van der Waals surface area contributed by atoms with Crippen LogP contribution < -0.4 is 5.32 Å². The third-order valence-corrected chi connectivity index (χ3v) is 4.29. The molecule has 3 rings (SSSR count). The van der Waals surface area contributed by atoms with E-state index in [0.717, 1.165) is 16.8 Å². The summed E-state index contributed by atoms with van der Waals surface area (Å²) in [5.74, 6) is -0.168. The molecule has 3 aromatic rings. The van der Waals surface area contributed by atoms with Gasteiger partial charge in [-0.3, -0.25) is 9.78 Å². The van der Waals surface area contributed by atoms with Crippen molar-refractivity contribution in [3.05, 3.63) is 72.3 Å². The van der Waals surface area contributed by atoms with E-state index in [0.29, 0.717) is 11.6 Å². The molecular formula is C18H15FN4OS. The summed E-state index contributed by atoms with van der Waals surface area (Å²) in [5.41, 5.74) is 2.55. The number of aromatic nitrogens is 3. The van der Waals surface area contributed by atoms with Crippen molar-refractivity contribution in [1.29, 1.82) is 0 Å². The van der Waals surface area contributed by atoms with E-state index in [2.05, 4.69) is 20.5 Å². The Bertz CT molecular complexity index is 826. The topological polar surface area (TPSA) is 67.8 Å². The van der Waals surface area contributed by atoms with Crippen LogP contribution >= 0.6 is 11.8 Å². The van der Waals surface area contributed by atoms with Gasteiger partial charge in [0.05, 0.1) is 11.4 Å². The third-order valence-electron chi connectivity index (χ3n) is 3.37. The molecule has 0 bridgehead atoms. The second-order valence-electron chi connectivity index (χ2n) is 5.18. The molecule has 126 valence electrons. The van der Waals surface area contributed by atoms with Gasteiger partial charge in [0.1, 0.15) is 10.8 Å². The van der Waals surface area contributed by atoms with Crippen LogP contribution in [0.3, 0.4) is 0 Å². The number of benzene rings is 1. The first kappa shape index (κ1) is 17.0. The van der Waals surface area contributed by atoms with Gasteiger partial charge in [-0.2, -0.15) is 0 Å². The van der Waals surface area contributed by atoms with Crippen LogP contribution in [0.15, 0.2) is 66.0 Å². The van der Waals surface area contributed by atoms with Gasteiger partial charge in [-0.25, -0.2) is 4.39 Å². The number of amides is 1. The highest BCUT2D eigenvalue weighted by atomic mass is 32.2. The van der Waals surface area contributed by atoms with Crippen LogP contribution in [0.1, 0.15) is 5.56 Å². The maximum Gasteiger partial charge on any atom is 0.230 e. The summed E-state index contributed by atoms with van der Waals surface area (Å²) in [7, 11) is 0. The van der Waals surface area contributed by atoms with E-state index in [9.17, 15) is 9.18 Å². The van der Waals surface area contributed by atoms with Gasteiger partial charge < -0.3 is 5.32 Å². The number of hydrogen-bond acceptors (Lipinski definition) is 5. The van der Waals surface area contributed by atoms with E-state index < -0.39 is 0 Å². The minimum Gasteiger partial charge on any atom is -0.351 e. The number of nitrogens with one attached hydrogen (secondary N) is 1. The van der Waals surface area contributed by atoms with Crippen molar-refractivity contribution in [3.8, 4) is 11.3 Å². The van der Waals surface area contributed by atoms with Crippen LogP contribution in [0, 0.1) is 5.82 Å². The fourth-order valence-electron chi connectivity index (χ4n) is 2.07. The quantitative estimate of drug-likeness (QED) is 0.689. The fraction of sp³-hybridized carbons (Fsp3) is 0.111. The molecule has 2 aromatic heterocycles. The van der Waals surface area contributed by atoms with Gasteiger partial charge in [0.15, 0.2) is 0 Å². The molecule has 1 amide bonds. The molecule has 0 radical (unpaired) electrons. The molecule has 5 nitrogen and oxygen atoms in total. The van der Waals surface area contributed by atoms with Crippen LogP contribution in [0.25, 0.3) is 11.3 Å². The summed E-state index contributed by atoms with van der Waals surface area (Å²) in [5, 5.41) is 11.8. The van der Waals surface area contributed by atoms with E-state index in [-0.39, 0.29) is 17.5 Å². The molecule has 1 aromatic carbocycles. The van der Waals surface area contributed by atoms with E-state index in [1.165, 1.54) is 23.9 Å². The number of rotatable bonds is 6. The first-order valence-corrected chi connectivity index (χ1v) is 8.57. The van der Waals surface area contributed by atoms with E-state index >= 15 is 0 Å². The molecule has 0 fully saturated rings. The Hall–Kier alpha value is -2.80. The van der Waals surface area contributed by atoms with Crippen LogP contribution in [-0.4, -0.2) is 26.8 Å². The molecule has 0 aliphatic rings. The largest absolute Gasteiger partial charge is 0.351 e. The van der Waals surface area contributed by atoms with Gasteiger partial charge in [-0.05, 0) is 42.0 Å². The summed E-state index contributed by atoms with van der Waals surface area (Å²) in [6.07, 6.45) is 3.40. The standard InChI is InChI=1S/C18H15FN4OS/c19-15-3-1-13(2-4-15)11-21-17(24)12-25-18-6-5-16(22-23-18)14-7-9-20-10-8-14/h1-10H,11-12H2,(H,21,24). The van der Waals surface area contributed by atoms with Crippen molar-refractivity contribution in [2.75, 3.05) is 5.75 Å². The number of hydrogen-bond donors (Lipinski definition) is 1. The number of nitrogens with zero attached hydrogens (tertiary/aromatic N) is 3. The van der Waals surface area contributed by atoms with E-state index in [1.807, 2.05) is 24.3 Å². The average Bonchev–Trinajstić information content (AvgIpc) is 2.67. The summed E-state index contributed by atoms with van der Waals surface area (Å²) in [6, 6.07) is 13.5. The molecular weight excluding hydrogens is 339 g/mol. The smallest absolute Gasteiger partial charge is 0.230 e. The number of halogens is 1. The molecule has 0 atom stereocenters. The Balaban J connectivity index is 1.48. The average molecular weight is 354 g/mol. The molecule has 0 saturated carbocycles. The Morgan fingerprint density at radius 3 is 2.44 bits per heavy atom. The highest BCUT2D eigenvalue weighted by Gasteiger charge is 2.06. The summed E-state index contributed by atoms with van der Waals surface area (Å²) < 4.78 is 12.8. The van der Waals surface area contributed by atoms with Gasteiger partial charge in [-0.1, -0.05) is 23.9 Å². The Labute approximate surface area is 148 Å². The summed E-state index contributed by atoms with van der Waals surface area (Å²) >= 11 is 1.31. The maximum absolute atomic E-state index is 12.8.